The monoisotopic (exact) mass is 626 g/mol. The lowest BCUT2D eigenvalue weighted by molar-refractivity contribution is 0.541. The second-order valence-electron chi connectivity index (χ2n) is 14.2. The van der Waals surface area contributed by atoms with Crippen LogP contribution in [0.2, 0.25) is 0 Å². The number of benzene rings is 7. The molecule has 0 spiro atoms. The van der Waals surface area contributed by atoms with Gasteiger partial charge in [-0.25, -0.2) is 0 Å². The molecule has 12 rings (SSSR count). The van der Waals surface area contributed by atoms with E-state index in [4.69, 9.17) is 8.83 Å². The number of hydrogen-bond acceptors (Lipinski definition) is 2. The third-order valence-corrected chi connectivity index (χ3v) is 11.6. The van der Waals surface area contributed by atoms with E-state index in [0.29, 0.717) is 11.8 Å². The van der Waals surface area contributed by atoms with E-state index in [0.717, 1.165) is 46.1 Å². The van der Waals surface area contributed by atoms with Crippen LogP contribution in [0.5, 0.6) is 0 Å². The fraction of sp³-hybridized carbons (Fsp3) is 0.106. The minimum absolute atomic E-state index is 0.633. The van der Waals surface area contributed by atoms with Crippen LogP contribution in [0.15, 0.2) is 130 Å². The summed E-state index contributed by atoms with van der Waals surface area (Å²) in [5.41, 5.74) is 11.6. The number of aryl methyl sites for hydroxylation is 1. The highest BCUT2D eigenvalue weighted by atomic mass is 16.4. The molecular weight excluding hydrogens is 597 g/mol. The van der Waals surface area contributed by atoms with Gasteiger partial charge in [-0.3, -0.25) is 0 Å². The highest BCUT2D eigenvalue weighted by molar-refractivity contribution is 6.28. The molecule has 0 N–H and O–H groups in total. The van der Waals surface area contributed by atoms with Crippen molar-refractivity contribution in [1.82, 2.24) is 0 Å². The number of rotatable bonds is 2. The van der Waals surface area contributed by atoms with Gasteiger partial charge in [-0.15, -0.1) is 0 Å². The standard InChI is InChI=1S/C47H30O2/c1-2-12-28-26(10-1)11-9-18-30(28)42-31-13-3-5-15-33(31)43(34-16-6-4-14-32(34)42)38-25-39-44-35-21-20-27-24-37(27)29(35)22-23-41(44)49-46(39)47-45(38)36-17-7-8-19-40(36)48-47/h1-7,9-18,20-23,25,27,37H,8,19,24H2. The lowest BCUT2D eigenvalue weighted by Crippen LogP contribution is -1.94. The van der Waals surface area contributed by atoms with Crippen molar-refractivity contribution in [3.05, 3.63) is 144 Å². The highest BCUT2D eigenvalue weighted by Gasteiger charge is 2.40. The number of fused-ring (bicyclic) bond motifs is 14. The summed E-state index contributed by atoms with van der Waals surface area (Å²) in [4.78, 5) is 0. The van der Waals surface area contributed by atoms with Gasteiger partial charge in [0.05, 0.1) is 0 Å². The second-order valence-corrected chi connectivity index (χ2v) is 14.2. The lowest BCUT2D eigenvalue weighted by Gasteiger charge is -2.19. The molecule has 0 saturated heterocycles. The lowest BCUT2D eigenvalue weighted by atomic mass is 9.83. The number of hydrogen-bond donors (Lipinski definition) is 0. The first-order valence-electron chi connectivity index (χ1n) is 17.6. The normalized spacial score (nSPS) is 17.8. The van der Waals surface area contributed by atoms with E-state index in [1.807, 2.05) is 0 Å². The molecule has 2 heteroatoms. The van der Waals surface area contributed by atoms with Gasteiger partial charge in [-0.05, 0) is 103 Å². The van der Waals surface area contributed by atoms with Crippen molar-refractivity contribution in [2.45, 2.75) is 25.2 Å². The molecule has 1 fully saturated rings. The van der Waals surface area contributed by atoms with Crippen LogP contribution >= 0.6 is 0 Å². The molecule has 0 bridgehead atoms. The first-order valence-corrected chi connectivity index (χ1v) is 17.6. The largest absolute Gasteiger partial charge is 0.456 e. The van der Waals surface area contributed by atoms with Gasteiger partial charge >= 0.3 is 0 Å². The Balaban J connectivity index is 1.28. The zero-order valence-electron chi connectivity index (χ0n) is 26.8. The van der Waals surface area contributed by atoms with Crippen LogP contribution in [0.4, 0.5) is 0 Å². The summed E-state index contributed by atoms with van der Waals surface area (Å²) in [7, 11) is 0. The summed E-state index contributed by atoms with van der Waals surface area (Å²) in [5.74, 6) is 2.37. The van der Waals surface area contributed by atoms with Crippen LogP contribution in [0, 0.1) is 5.92 Å². The highest BCUT2D eigenvalue weighted by Crippen LogP contribution is 2.56. The summed E-state index contributed by atoms with van der Waals surface area (Å²) in [6.07, 6.45) is 12.4. The maximum absolute atomic E-state index is 6.87. The Hall–Kier alpha value is -5.86. The molecule has 49 heavy (non-hydrogen) atoms. The molecule has 2 aromatic heterocycles. The summed E-state index contributed by atoms with van der Waals surface area (Å²) < 4.78 is 13.7. The number of furan rings is 2. The van der Waals surface area contributed by atoms with Gasteiger partial charge in [0.2, 0.25) is 0 Å². The quantitative estimate of drug-likeness (QED) is 0.178. The zero-order valence-corrected chi connectivity index (χ0v) is 26.8. The Morgan fingerprint density at radius 2 is 1.27 bits per heavy atom. The molecule has 7 aromatic carbocycles. The molecule has 230 valence electrons. The summed E-state index contributed by atoms with van der Waals surface area (Å²) >= 11 is 0. The zero-order chi connectivity index (χ0) is 31.8. The van der Waals surface area contributed by atoms with Crippen molar-refractivity contribution in [1.29, 1.82) is 0 Å². The van der Waals surface area contributed by atoms with Crippen LogP contribution < -0.4 is 0 Å². The molecule has 9 aromatic rings. The van der Waals surface area contributed by atoms with E-state index in [-0.39, 0.29) is 0 Å². The Morgan fingerprint density at radius 3 is 2.06 bits per heavy atom. The van der Waals surface area contributed by atoms with Crippen LogP contribution in [0.3, 0.4) is 0 Å². The molecule has 2 nitrogen and oxygen atoms in total. The van der Waals surface area contributed by atoms with Gasteiger partial charge in [-0.2, -0.15) is 0 Å². The molecule has 0 aliphatic heterocycles. The summed E-state index contributed by atoms with van der Waals surface area (Å²) in [6, 6.07) is 40.4. The van der Waals surface area contributed by atoms with Crippen molar-refractivity contribution in [2.24, 2.45) is 5.92 Å². The van der Waals surface area contributed by atoms with Crippen LogP contribution in [0.25, 0.3) is 99.6 Å². The Morgan fingerprint density at radius 1 is 0.551 bits per heavy atom. The fourth-order valence-corrected chi connectivity index (χ4v) is 9.33. The van der Waals surface area contributed by atoms with Crippen LogP contribution in [-0.2, 0) is 6.42 Å². The predicted octanol–water partition coefficient (Wildman–Crippen LogP) is 13.2. The van der Waals surface area contributed by atoms with Gasteiger partial charge in [-0.1, -0.05) is 121 Å². The smallest absolute Gasteiger partial charge is 0.178 e. The summed E-state index contributed by atoms with van der Waals surface area (Å²) in [6.45, 7) is 0. The first-order chi connectivity index (χ1) is 24.3. The SMILES string of the molecule is C1=Cc2c(oc3c2c(-c2c4ccccc4c(-c4cccc5ccccc45)c4ccccc24)cc2c3oc3ccc4c(c32)C=CC2CC42)CC1. The van der Waals surface area contributed by atoms with E-state index in [2.05, 4.69) is 133 Å². The van der Waals surface area contributed by atoms with Gasteiger partial charge in [0, 0.05) is 28.1 Å². The fourth-order valence-electron chi connectivity index (χ4n) is 9.33. The molecule has 2 heterocycles. The maximum atomic E-state index is 6.87. The molecule has 0 radical (unpaired) electrons. The van der Waals surface area contributed by atoms with E-state index in [1.54, 1.807) is 0 Å². The average molecular weight is 627 g/mol. The van der Waals surface area contributed by atoms with Gasteiger partial charge in [0.25, 0.3) is 0 Å². The van der Waals surface area contributed by atoms with Gasteiger partial charge < -0.3 is 8.83 Å². The van der Waals surface area contributed by atoms with E-state index >= 15 is 0 Å². The first kappa shape index (κ1) is 26.1. The average Bonchev–Trinajstić information content (AvgIpc) is 3.71. The van der Waals surface area contributed by atoms with Crippen molar-refractivity contribution in [3.63, 3.8) is 0 Å². The predicted molar refractivity (Wildman–Crippen MR) is 204 cm³/mol. The molecule has 2 atom stereocenters. The Labute approximate surface area is 282 Å². The minimum Gasteiger partial charge on any atom is -0.456 e. The maximum Gasteiger partial charge on any atom is 0.178 e. The van der Waals surface area contributed by atoms with E-state index in [1.165, 1.54) is 83.1 Å². The van der Waals surface area contributed by atoms with Crippen molar-refractivity contribution in [2.75, 3.05) is 0 Å². The number of allylic oxidation sites excluding steroid dienone is 2. The third-order valence-electron chi connectivity index (χ3n) is 11.6. The Kier molecular flexibility index (Phi) is 5.01. The second kappa shape index (κ2) is 9.39. The van der Waals surface area contributed by atoms with E-state index < -0.39 is 0 Å². The Bertz CT molecular complexity index is 2920. The molecule has 1 saturated carbocycles. The van der Waals surface area contributed by atoms with Crippen molar-refractivity contribution < 1.29 is 8.83 Å². The van der Waals surface area contributed by atoms with E-state index in [9.17, 15) is 0 Å². The van der Waals surface area contributed by atoms with Crippen molar-refractivity contribution >= 4 is 77.4 Å². The minimum atomic E-state index is 0.633. The van der Waals surface area contributed by atoms with Crippen LogP contribution in [-0.4, -0.2) is 0 Å². The van der Waals surface area contributed by atoms with Crippen molar-refractivity contribution in [3.8, 4) is 22.3 Å². The molecule has 3 aliphatic rings. The molecule has 0 amide bonds. The molecular formula is C47H30O2. The third kappa shape index (κ3) is 3.46. The topological polar surface area (TPSA) is 26.3 Å². The van der Waals surface area contributed by atoms with Gasteiger partial charge in [0.1, 0.15) is 11.3 Å². The van der Waals surface area contributed by atoms with Gasteiger partial charge in [0.15, 0.2) is 11.2 Å². The van der Waals surface area contributed by atoms with Crippen LogP contribution in [0.1, 0.15) is 41.2 Å². The molecule has 2 unspecified atom stereocenters. The summed E-state index contributed by atoms with van der Waals surface area (Å²) in [5, 5.41) is 11.0. The molecule has 3 aliphatic carbocycles.